The van der Waals surface area contributed by atoms with Crippen LogP contribution >= 0.6 is 11.3 Å². The molecule has 0 bridgehead atoms. The maximum Gasteiger partial charge on any atom is 0.249 e. The van der Waals surface area contributed by atoms with Crippen LogP contribution in [-0.2, 0) is 23.6 Å². The molecule has 2 aromatic heterocycles. The Morgan fingerprint density at radius 3 is 2.71 bits per heavy atom. The lowest BCUT2D eigenvalue weighted by molar-refractivity contribution is 0.599. The Labute approximate surface area is 144 Å². The van der Waals surface area contributed by atoms with Gasteiger partial charge >= 0.3 is 0 Å². The SMILES string of the molecule is Cc1nc(NCc2ccccc2-c2cnn(C)c2)sc1S(N)(=O)=O. The van der Waals surface area contributed by atoms with Crippen molar-refractivity contribution in [3.63, 3.8) is 0 Å². The Kier molecular flexibility index (Phi) is 4.39. The van der Waals surface area contributed by atoms with Crippen LogP contribution in [0.25, 0.3) is 11.1 Å². The maximum absolute atomic E-state index is 11.5. The molecule has 0 spiro atoms. The van der Waals surface area contributed by atoms with E-state index >= 15 is 0 Å². The number of nitrogens with zero attached hydrogens (tertiary/aromatic N) is 3. The monoisotopic (exact) mass is 363 g/mol. The molecule has 0 aliphatic carbocycles. The van der Waals surface area contributed by atoms with Gasteiger partial charge in [0.25, 0.3) is 0 Å². The summed E-state index contributed by atoms with van der Waals surface area (Å²) >= 11 is 1.04. The zero-order valence-corrected chi connectivity index (χ0v) is 14.9. The molecule has 3 N–H and O–H groups in total. The van der Waals surface area contributed by atoms with Crippen molar-refractivity contribution >= 4 is 26.5 Å². The second kappa shape index (κ2) is 6.34. The van der Waals surface area contributed by atoms with Crippen molar-refractivity contribution in [2.24, 2.45) is 12.2 Å². The van der Waals surface area contributed by atoms with Crippen LogP contribution in [0.2, 0.25) is 0 Å². The molecule has 24 heavy (non-hydrogen) atoms. The summed E-state index contributed by atoms with van der Waals surface area (Å²) in [5, 5.41) is 13.1. The Morgan fingerprint density at radius 1 is 1.33 bits per heavy atom. The van der Waals surface area contributed by atoms with Crippen molar-refractivity contribution in [3.8, 4) is 11.1 Å². The van der Waals surface area contributed by atoms with Crippen molar-refractivity contribution in [2.45, 2.75) is 17.7 Å². The van der Waals surface area contributed by atoms with Gasteiger partial charge in [-0.25, -0.2) is 18.5 Å². The molecule has 9 heteroatoms. The molecule has 0 saturated carbocycles. The molecule has 1 aromatic carbocycles. The molecule has 0 fully saturated rings. The number of hydrogen-bond acceptors (Lipinski definition) is 6. The van der Waals surface area contributed by atoms with Gasteiger partial charge in [0.15, 0.2) is 9.34 Å². The normalized spacial score (nSPS) is 11.6. The van der Waals surface area contributed by atoms with E-state index in [0.29, 0.717) is 17.4 Å². The second-order valence-electron chi connectivity index (χ2n) is 5.35. The fourth-order valence-corrected chi connectivity index (χ4v) is 4.26. The van der Waals surface area contributed by atoms with Crippen LogP contribution in [-0.4, -0.2) is 23.2 Å². The van der Waals surface area contributed by atoms with Gasteiger partial charge in [0, 0.05) is 25.4 Å². The summed E-state index contributed by atoms with van der Waals surface area (Å²) in [7, 11) is -1.87. The predicted octanol–water partition coefficient (Wildman–Crippen LogP) is 2.11. The molecule has 126 valence electrons. The van der Waals surface area contributed by atoms with Crippen LogP contribution < -0.4 is 10.5 Å². The molecule has 0 atom stereocenters. The van der Waals surface area contributed by atoms with Gasteiger partial charge in [0.05, 0.1) is 11.9 Å². The van der Waals surface area contributed by atoms with Crippen molar-refractivity contribution in [2.75, 3.05) is 5.32 Å². The fourth-order valence-electron chi connectivity index (χ4n) is 2.41. The number of primary sulfonamides is 1. The number of sulfonamides is 1. The molecule has 0 aliphatic rings. The van der Waals surface area contributed by atoms with Crippen LogP contribution in [0.5, 0.6) is 0 Å². The van der Waals surface area contributed by atoms with Crippen molar-refractivity contribution in [3.05, 3.63) is 47.9 Å². The third-order valence-corrected chi connectivity index (χ3v) is 6.14. The van der Waals surface area contributed by atoms with Gasteiger partial charge in [-0.2, -0.15) is 5.10 Å². The summed E-state index contributed by atoms with van der Waals surface area (Å²) in [5.74, 6) is 0. The van der Waals surface area contributed by atoms with Crippen LogP contribution in [0, 0.1) is 6.92 Å². The average Bonchev–Trinajstić information content (AvgIpc) is 3.11. The van der Waals surface area contributed by atoms with Crippen LogP contribution in [0.3, 0.4) is 0 Å². The van der Waals surface area contributed by atoms with E-state index in [2.05, 4.69) is 15.4 Å². The second-order valence-corrected chi connectivity index (χ2v) is 8.11. The smallest absolute Gasteiger partial charge is 0.249 e. The van der Waals surface area contributed by atoms with E-state index in [9.17, 15) is 8.42 Å². The number of nitrogens with one attached hydrogen (secondary N) is 1. The first-order chi connectivity index (χ1) is 11.3. The highest BCUT2D eigenvalue weighted by molar-refractivity contribution is 7.91. The third-order valence-electron chi connectivity index (χ3n) is 3.48. The van der Waals surface area contributed by atoms with E-state index in [1.807, 2.05) is 43.7 Å². The van der Waals surface area contributed by atoms with Crippen molar-refractivity contribution in [1.82, 2.24) is 14.8 Å². The summed E-state index contributed by atoms with van der Waals surface area (Å²) in [4.78, 5) is 4.23. The highest BCUT2D eigenvalue weighted by Crippen LogP contribution is 2.28. The maximum atomic E-state index is 11.5. The molecule has 0 saturated heterocycles. The Hall–Kier alpha value is -2.23. The van der Waals surface area contributed by atoms with Crippen LogP contribution in [0.1, 0.15) is 11.3 Å². The van der Waals surface area contributed by atoms with Crippen molar-refractivity contribution in [1.29, 1.82) is 0 Å². The molecule has 0 amide bonds. The first-order valence-electron chi connectivity index (χ1n) is 7.15. The van der Waals surface area contributed by atoms with Gasteiger partial charge < -0.3 is 5.32 Å². The summed E-state index contributed by atoms with van der Waals surface area (Å²) in [6, 6.07) is 7.96. The first-order valence-corrected chi connectivity index (χ1v) is 9.52. The fraction of sp³-hybridized carbons (Fsp3) is 0.200. The van der Waals surface area contributed by atoms with Gasteiger partial charge in [0.1, 0.15) is 0 Å². The van der Waals surface area contributed by atoms with E-state index in [0.717, 1.165) is 28.0 Å². The van der Waals surface area contributed by atoms with Crippen LogP contribution in [0.4, 0.5) is 5.13 Å². The number of nitrogens with two attached hydrogens (primary N) is 1. The van der Waals surface area contributed by atoms with Crippen molar-refractivity contribution < 1.29 is 8.42 Å². The topological polar surface area (TPSA) is 103 Å². The van der Waals surface area contributed by atoms with Gasteiger partial charge in [-0.15, -0.1) is 0 Å². The zero-order chi connectivity index (χ0) is 17.3. The quantitative estimate of drug-likeness (QED) is 0.723. The summed E-state index contributed by atoms with van der Waals surface area (Å²) in [6.07, 6.45) is 3.76. The molecule has 7 nitrogen and oxygen atoms in total. The number of thiazole rings is 1. The number of hydrogen-bond donors (Lipinski definition) is 2. The van der Waals surface area contributed by atoms with E-state index in [4.69, 9.17) is 5.14 Å². The summed E-state index contributed by atoms with van der Waals surface area (Å²) in [5.41, 5.74) is 3.56. The summed E-state index contributed by atoms with van der Waals surface area (Å²) in [6.45, 7) is 2.15. The minimum Gasteiger partial charge on any atom is -0.357 e. The highest BCUT2D eigenvalue weighted by Gasteiger charge is 2.17. The largest absolute Gasteiger partial charge is 0.357 e. The number of anilines is 1. The minimum atomic E-state index is -3.74. The predicted molar refractivity (Wildman–Crippen MR) is 94.2 cm³/mol. The van der Waals surface area contributed by atoms with Gasteiger partial charge in [-0.3, -0.25) is 4.68 Å². The van der Waals surface area contributed by atoms with E-state index in [-0.39, 0.29) is 4.21 Å². The third kappa shape index (κ3) is 3.48. The number of aryl methyl sites for hydroxylation is 2. The molecule has 0 aliphatic heterocycles. The number of rotatable bonds is 5. The van der Waals surface area contributed by atoms with Crippen LogP contribution in [0.15, 0.2) is 40.9 Å². The Balaban J connectivity index is 1.83. The zero-order valence-electron chi connectivity index (χ0n) is 13.2. The number of aromatic nitrogens is 3. The standard InChI is InChI=1S/C15H17N5O2S2/c1-10-14(24(16,21)22)23-15(19-10)17-7-11-5-3-4-6-13(11)12-8-18-20(2)9-12/h3-6,8-9H,7H2,1-2H3,(H,17,19)(H2,16,21,22). The Bertz CT molecular complexity index is 975. The van der Waals surface area contributed by atoms with Gasteiger partial charge in [0.2, 0.25) is 10.0 Å². The molecule has 3 aromatic rings. The molecule has 0 unspecified atom stereocenters. The molecule has 3 rings (SSSR count). The lowest BCUT2D eigenvalue weighted by Crippen LogP contribution is -2.11. The lowest BCUT2D eigenvalue weighted by Gasteiger charge is -2.08. The molecule has 0 radical (unpaired) electrons. The van der Waals surface area contributed by atoms with E-state index in [1.54, 1.807) is 11.6 Å². The summed E-state index contributed by atoms with van der Waals surface area (Å²) < 4.78 is 24.8. The number of benzene rings is 1. The average molecular weight is 363 g/mol. The molecular formula is C15H17N5O2S2. The minimum absolute atomic E-state index is 0.0885. The van der Waals surface area contributed by atoms with E-state index < -0.39 is 10.0 Å². The first kappa shape index (κ1) is 16.6. The highest BCUT2D eigenvalue weighted by atomic mass is 32.2. The van der Waals surface area contributed by atoms with Gasteiger partial charge in [-0.05, 0) is 18.1 Å². The van der Waals surface area contributed by atoms with E-state index in [1.165, 1.54) is 0 Å². The lowest BCUT2D eigenvalue weighted by atomic mass is 10.0. The van der Waals surface area contributed by atoms with Gasteiger partial charge in [-0.1, -0.05) is 35.6 Å². The molecular weight excluding hydrogens is 346 g/mol. The Morgan fingerprint density at radius 2 is 2.08 bits per heavy atom. The molecule has 2 heterocycles.